The Labute approximate surface area is 123 Å². The fourth-order valence-corrected chi connectivity index (χ4v) is 4.45. The molecule has 0 aliphatic carbocycles. The Hall–Kier alpha value is -1.96. The fourth-order valence-electron chi connectivity index (χ4n) is 2.66. The third kappa shape index (κ3) is 2.63. The summed E-state index contributed by atoms with van der Waals surface area (Å²) >= 11 is 0. The quantitative estimate of drug-likeness (QED) is 0.841. The summed E-state index contributed by atoms with van der Waals surface area (Å²) < 4.78 is 25.5. The molecule has 1 saturated heterocycles. The molecule has 1 aromatic carbocycles. The van der Waals surface area contributed by atoms with Crippen LogP contribution >= 0.6 is 0 Å². The minimum atomic E-state index is -3.02. The van der Waals surface area contributed by atoms with Gasteiger partial charge in [0.2, 0.25) is 0 Å². The molecular weight excluding hydrogens is 290 g/mol. The van der Waals surface area contributed by atoms with Crippen LogP contribution in [0, 0.1) is 6.92 Å². The minimum Gasteiger partial charge on any atom is -0.399 e. The summed E-state index contributed by atoms with van der Waals surface area (Å²) in [7, 11) is -3.02. The molecule has 1 aliphatic rings. The van der Waals surface area contributed by atoms with E-state index in [0.29, 0.717) is 30.9 Å². The maximum absolute atomic E-state index is 12.0. The first-order chi connectivity index (χ1) is 9.97. The average Bonchev–Trinajstić information content (AvgIpc) is 3.00. The molecule has 0 saturated carbocycles. The number of nitrogens with two attached hydrogens (primary N) is 1. The number of benzene rings is 1. The molecule has 21 heavy (non-hydrogen) atoms. The van der Waals surface area contributed by atoms with E-state index >= 15 is 0 Å². The van der Waals surface area contributed by atoms with Crippen LogP contribution in [0.4, 0.5) is 5.69 Å². The number of hydrogen-bond acceptors (Lipinski definition) is 6. The average molecular weight is 307 g/mol. The molecule has 8 heteroatoms. The van der Waals surface area contributed by atoms with Gasteiger partial charge in [-0.25, -0.2) is 13.1 Å². The Balaban J connectivity index is 1.96. The minimum absolute atomic E-state index is 0.256. The second-order valence-corrected chi connectivity index (χ2v) is 7.79. The summed E-state index contributed by atoms with van der Waals surface area (Å²) in [5, 5.41) is 11.3. The third-order valence-corrected chi connectivity index (χ3v) is 6.13. The van der Waals surface area contributed by atoms with E-state index in [9.17, 15) is 8.42 Å². The molecule has 0 amide bonds. The monoisotopic (exact) mass is 307 g/mol. The van der Waals surface area contributed by atoms with Crippen molar-refractivity contribution in [2.24, 2.45) is 0 Å². The van der Waals surface area contributed by atoms with E-state index in [0.717, 1.165) is 11.1 Å². The van der Waals surface area contributed by atoms with E-state index < -0.39 is 15.1 Å². The van der Waals surface area contributed by atoms with Crippen LogP contribution in [0.25, 0.3) is 11.4 Å². The maximum Gasteiger partial charge on any atom is 0.182 e. The van der Waals surface area contributed by atoms with Gasteiger partial charge in [-0.05, 0) is 47.9 Å². The van der Waals surface area contributed by atoms with E-state index in [1.807, 2.05) is 19.1 Å². The molecule has 2 N–H and O–H groups in total. The van der Waals surface area contributed by atoms with Gasteiger partial charge in [-0.3, -0.25) is 0 Å². The Bertz CT molecular complexity index is 769. The van der Waals surface area contributed by atoms with Crippen molar-refractivity contribution < 1.29 is 8.42 Å². The summed E-state index contributed by atoms with van der Waals surface area (Å²) in [5.41, 5.74) is 8.26. The first kappa shape index (κ1) is 14.0. The zero-order valence-electron chi connectivity index (χ0n) is 11.7. The van der Waals surface area contributed by atoms with Crippen LogP contribution in [0.5, 0.6) is 0 Å². The van der Waals surface area contributed by atoms with E-state index in [-0.39, 0.29) is 5.75 Å². The Morgan fingerprint density at radius 3 is 2.95 bits per heavy atom. The van der Waals surface area contributed by atoms with Crippen LogP contribution in [-0.4, -0.2) is 39.6 Å². The number of rotatable bonds is 3. The highest BCUT2D eigenvalue weighted by Crippen LogP contribution is 2.26. The molecule has 1 fully saturated rings. The van der Waals surface area contributed by atoms with Crippen LogP contribution in [-0.2, 0) is 16.4 Å². The molecular formula is C13H17N5O2S. The summed E-state index contributed by atoms with van der Waals surface area (Å²) in [5.74, 6) is 0.814. The number of hydrogen-bond donors (Lipinski definition) is 1. The lowest BCUT2D eigenvalue weighted by molar-refractivity contribution is 0.534. The number of nitrogens with zero attached hydrogens (tertiary/aromatic N) is 4. The molecule has 0 radical (unpaired) electrons. The summed E-state index contributed by atoms with van der Waals surface area (Å²) in [6, 6.07) is 5.52. The van der Waals surface area contributed by atoms with E-state index in [1.54, 1.807) is 10.7 Å². The van der Waals surface area contributed by atoms with Gasteiger partial charge in [0, 0.05) is 11.3 Å². The van der Waals surface area contributed by atoms with Gasteiger partial charge in [-0.1, -0.05) is 6.07 Å². The van der Waals surface area contributed by atoms with Crippen molar-refractivity contribution in [1.82, 2.24) is 20.2 Å². The van der Waals surface area contributed by atoms with Gasteiger partial charge in [-0.2, -0.15) is 0 Å². The molecule has 1 atom stereocenters. The van der Waals surface area contributed by atoms with Crippen molar-refractivity contribution in [3.8, 4) is 11.4 Å². The first-order valence-corrected chi connectivity index (χ1v) is 8.53. The second-order valence-electron chi connectivity index (χ2n) is 5.39. The van der Waals surface area contributed by atoms with Crippen molar-refractivity contribution in [2.45, 2.75) is 31.6 Å². The predicted molar refractivity (Wildman–Crippen MR) is 79.2 cm³/mol. The van der Waals surface area contributed by atoms with Crippen molar-refractivity contribution >= 4 is 15.5 Å². The lowest BCUT2D eigenvalue weighted by Crippen LogP contribution is -2.23. The highest BCUT2D eigenvalue weighted by Gasteiger charge is 2.32. The molecule has 3 rings (SSSR count). The summed E-state index contributed by atoms with van der Waals surface area (Å²) in [6.45, 7) is 2.24. The lowest BCUT2D eigenvalue weighted by Gasteiger charge is -2.11. The van der Waals surface area contributed by atoms with E-state index in [4.69, 9.17) is 5.73 Å². The number of nitrogen functional groups attached to an aromatic ring is 1. The fraction of sp³-hybridized carbons (Fsp3) is 0.462. The van der Waals surface area contributed by atoms with Crippen LogP contribution in [0.15, 0.2) is 18.2 Å². The van der Waals surface area contributed by atoms with Gasteiger partial charge in [0.1, 0.15) is 0 Å². The molecule has 0 bridgehead atoms. The maximum atomic E-state index is 12.0. The van der Waals surface area contributed by atoms with E-state index in [1.165, 1.54) is 0 Å². The van der Waals surface area contributed by atoms with Gasteiger partial charge in [-0.15, -0.1) is 5.10 Å². The smallest absolute Gasteiger partial charge is 0.182 e. The number of aromatic nitrogens is 4. The standard InChI is InChI=1S/C13H17N5O2S/c1-9-4-5-10(14)7-12(9)13-15-16-17-18(13)8-11-3-2-6-21(11,19)20/h4-5,7,11H,2-3,6,8,14H2,1H3. The first-order valence-electron chi connectivity index (χ1n) is 6.81. The van der Waals surface area contributed by atoms with Gasteiger partial charge in [0.25, 0.3) is 0 Å². The van der Waals surface area contributed by atoms with Gasteiger partial charge >= 0.3 is 0 Å². The largest absolute Gasteiger partial charge is 0.399 e. The van der Waals surface area contributed by atoms with Gasteiger partial charge in [0.05, 0.1) is 17.5 Å². The molecule has 7 nitrogen and oxygen atoms in total. The number of anilines is 1. The summed E-state index contributed by atoms with van der Waals surface area (Å²) in [6.07, 6.45) is 1.37. The zero-order valence-corrected chi connectivity index (χ0v) is 12.5. The van der Waals surface area contributed by atoms with Crippen molar-refractivity contribution in [3.63, 3.8) is 0 Å². The predicted octanol–water partition coefficient (Wildman–Crippen LogP) is 0.808. The van der Waals surface area contributed by atoms with Crippen LogP contribution < -0.4 is 5.73 Å². The molecule has 1 unspecified atom stereocenters. The Kier molecular flexibility index (Phi) is 3.40. The SMILES string of the molecule is Cc1ccc(N)cc1-c1nnnn1CC1CCCS1(=O)=O. The second kappa shape index (κ2) is 5.10. The van der Waals surface area contributed by atoms with Gasteiger partial charge in [0.15, 0.2) is 15.7 Å². The van der Waals surface area contributed by atoms with Crippen LogP contribution in [0.3, 0.4) is 0 Å². The molecule has 1 aliphatic heterocycles. The van der Waals surface area contributed by atoms with E-state index in [2.05, 4.69) is 15.5 Å². The number of sulfone groups is 1. The molecule has 2 aromatic rings. The zero-order chi connectivity index (χ0) is 15.0. The molecule has 112 valence electrons. The molecule has 2 heterocycles. The molecule has 1 aromatic heterocycles. The van der Waals surface area contributed by atoms with Crippen molar-refractivity contribution in [3.05, 3.63) is 23.8 Å². The normalized spacial score (nSPS) is 20.7. The summed E-state index contributed by atoms with van der Waals surface area (Å²) in [4.78, 5) is 0. The lowest BCUT2D eigenvalue weighted by atomic mass is 10.1. The van der Waals surface area contributed by atoms with Crippen molar-refractivity contribution in [2.75, 3.05) is 11.5 Å². The highest BCUT2D eigenvalue weighted by molar-refractivity contribution is 7.92. The van der Waals surface area contributed by atoms with Crippen molar-refractivity contribution in [1.29, 1.82) is 0 Å². The Morgan fingerprint density at radius 2 is 2.24 bits per heavy atom. The van der Waals surface area contributed by atoms with Crippen LogP contribution in [0.2, 0.25) is 0 Å². The molecule has 0 spiro atoms. The Morgan fingerprint density at radius 1 is 1.43 bits per heavy atom. The highest BCUT2D eigenvalue weighted by atomic mass is 32.2. The number of tetrazole rings is 1. The van der Waals surface area contributed by atoms with Gasteiger partial charge < -0.3 is 5.73 Å². The third-order valence-electron chi connectivity index (χ3n) is 3.87. The van der Waals surface area contributed by atoms with Crippen LogP contribution in [0.1, 0.15) is 18.4 Å². The number of aryl methyl sites for hydroxylation is 1. The topological polar surface area (TPSA) is 104 Å².